The summed E-state index contributed by atoms with van der Waals surface area (Å²) >= 11 is 0. The molecule has 0 radical (unpaired) electrons. The van der Waals surface area contributed by atoms with Crippen LogP contribution in [0.1, 0.15) is 66.7 Å². The molecule has 1 rings (SSSR count). The van der Waals surface area contributed by atoms with Gasteiger partial charge < -0.3 is 5.32 Å². The molecule has 2 atom stereocenters. The molecule has 0 amide bonds. The topological polar surface area (TPSA) is 12.0 Å². The van der Waals surface area contributed by atoms with E-state index in [-0.39, 0.29) is 0 Å². The maximum atomic E-state index is 3.76. The molecule has 1 fully saturated rings. The number of rotatable bonds is 7. The van der Waals surface area contributed by atoms with Gasteiger partial charge in [-0.15, -0.1) is 0 Å². The van der Waals surface area contributed by atoms with Crippen LogP contribution in [0, 0.1) is 11.3 Å². The maximum absolute atomic E-state index is 3.76. The van der Waals surface area contributed by atoms with Gasteiger partial charge >= 0.3 is 0 Å². The van der Waals surface area contributed by atoms with E-state index in [1.807, 2.05) is 0 Å². The van der Waals surface area contributed by atoms with Gasteiger partial charge in [-0.3, -0.25) is 0 Å². The Bertz CT molecular complexity index is 182. The molecule has 15 heavy (non-hydrogen) atoms. The number of hydrogen-bond donors (Lipinski definition) is 1. The first-order chi connectivity index (χ1) is 6.94. The van der Waals surface area contributed by atoms with Crippen molar-refractivity contribution < 1.29 is 0 Å². The van der Waals surface area contributed by atoms with E-state index in [4.69, 9.17) is 0 Å². The fraction of sp³-hybridized carbons (Fsp3) is 1.00. The Morgan fingerprint density at radius 3 is 2.13 bits per heavy atom. The van der Waals surface area contributed by atoms with Gasteiger partial charge in [-0.05, 0) is 44.4 Å². The minimum Gasteiger partial charge on any atom is -0.311 e. The van der Waals surface area contributed by atoms with E-state index in [9.17, 15) is 0 Å². The quantitative estimate of drug-likeness (QED) is 0.671. The summed E-state index contributed by atoms with van der Waals surface area (Å²) in [6.45, 7) is 11.7. The Labute approximate surface area is 96.0 Å². The Balaban J connectivity index is 2.10. The van der Waals surface area contributed by atoms with Crippen LogP contribution in [0.2, 0.25) is 0 Å². The van der Waals surface area contributed by atoms with Gasteiger partial charge in [0.05, 0.1) is 0 Å². The first-order valence-corrected chi connectivity index (χ1v) is 6.70. The van der Waals surface area contributed by atoms with Crippen LogP contribution in [-0.4, -0.2) is 12.1 Å². The second-order valence-corrected chi connectivity index (χ2v) is 6.27. The normalized spacial score (nSPS) is 22.8. The van der Waals surface area contributed by atoms with Crippen LogP contribution in [0.15, 0.2) is 0 Å². The smallest absolute Gasteiger partial charge is 0.00950 e. The van der Waals surface area contributed by atoms with Crippen LogP contribution in [0.25, 0.3) is 0 Å². The highest BCUT2D eigenvalue weighted by atomic mass is 15.0. The molecule has 1 heteroatoms. The van der Waals surface area contributed by atoms with Crippen LogP contribution in [-0.2, 0) is 0 Å². The summed E-state index contributed by atoms with van der Waals surface area (Å²) in [5.74, 6) is 0.857. The van der Waals surface area contributed by atoms with E-state index in [0.717, 1.165) is 5.92 Å². The molecule has 1 aliphatic rings. The lowest BCUT2D eigenvalue weighted by Crippen LogP contribution is -2.39. The lowest BCUT2D eigenvalue weighted by Gasteiger charge is -2.25. The summed E-state index contributed by atoms with van der Waals surface area (Å²) in [5.41, 5.74) is 0.617. The Morgan fingerprint density at radius 1 is 1.07 bits per heavy atom. The first kappa shape index (κ1) is 13.0. The molecule has 0 heterocycles. The van der Waals surface area contributed by atoms with Crippen LogP contribution in [0.3, 0.4) is 0 Å². The van der Waals surface area contributed by atoms with E-state index in [0.29, 0.717) is 17.5 Å². The highest BCUT2D eigenvalue weighted by Gasteiger charge is 2.42. The minimum absolute atomic E-state index is 0.617. The van der Waals surface area contributed by atoms with Gasteiger partial charge in [0.25, 0.3) is 0 Å². The van der Waals surface area contributed by atoms with Crippen molar-refractivity contribution in [1.29, 1.82) is 0 Å². The summed E-state index contributed by atoms with van der Waals surface area (Å²) in [6, 6.07) is 1.39. The highest BCUT2D eigenvalue weighted by Crippen LogP contribution is 2.48. The molecular formula is C14H29N. The molecule has 0 spiro atoms. The molecule has 0 aromatic rings. The summed E-state index contributed by atoms with van der Waals surface area (Å²) in [7, 11) is 0. The molecule has 1 N–H and O–H groups in total. The number of hydrogen-bond acceptors (Lipinski definition) is 1. The van der Waals surface area contributed by atoms with Crippen molar-refractivity contribution >= 4 is 0 Å². The fourth-order valence-corrected chi connectivity index (χ4v) is 2.17. The van der Waals surface area contributed by atoms with E-state index >= 15 is 0 Å². The van der Waals surface area contributed by atoms with Gasteiger partial charge in [-0.2, -0.15) is 0 Å². The predicted octanol–water partition coefficient (Wildman–Crippen LogP) is 3.98. The highest BCUT2D eigenvalue weighted by molar-refractivity contribution is 4.97. The molecule has 1 aliphatic carbocycles. The molecule has 0 bridgehead atoms. The standard InChI is InChI=1S/C14H29N/c1-11(2)7-6-8-12(3)15-13(4)14(5)9-10-14/h11-13,15H,6-10H2,1-5H3. The second kappa shape index (κ2) is 5.34. The van der Waals surface area contributed by atoms with Gasteiger partial charge in [-0.25, -0.2) is 0 Å². The maximum Gasteiger partial charge on any atom is 0.00950 e. The SMILES string of the molecule is CC(C)CCCC(C)NC(C)C1(C)CC1. The van der Waals surface area contributed by atoms with Crippen LogP contribution < -0.4 is 5.32 Å². The van der Waals surface area contributed by atoms with Gasteiger partial charge in [0.1, 0.15) is 0 Å². The Kier molecular flexibility index (Phi) is 4.64. The van der Waals surface area contributed by atoms with E-state index < -0.39 is 0 Å². The van der Waals surface area contributed by atoms with E-state index in [2.05, 4.69) is 39.9 Å². The lowest BCUT2D eigenvalue weighted by atomic mass is 9.98. The average molecular weight is 211 g/mol. The molecular weight excluding hydrogens is 182 g/mol. The van der Waals surface area contributed by atoms with Gasteiger partial charge in [-0.1, -0.05) is 33.6 Å². The Morgan fingerprint density at radius 2 is 1.67 bits per heavy atom. The zero-order chi connectivity index (χ0) is 11.5. The second-order valence-electron chi connectivity index (χ2n) is 6.27. The third kappa shape index (κ3) is 4.55. The van der Waals surface area contributed by atoms with Crippen molar-refractivity contribution in [2.24, 2.45) is 11.3 Å². The van der Waals surface area contributed by atoms with Crippen LogP contribution in [0.5, 0.6) is 0 Å². The minimum atomic E-state index is 0.617. The molecule has 90 valence electrons. The molecule has 1 saturated carbocycles. The van der Waals surface area contributed by atoms with Crippen molar-refractivity contribution in [3.8, 4) is 0 Å². The van der Waals surface area contributed by atoms with Gasteiger partial charge in [0.2, 0.25) is 0 Å². The third-order valence-corrected chi connectivity index (χ3v) is 4.04. The monoisotopic (exact) mass is 211 g/mol. The molecule has 0 aromatic carbocycles. The van der Waals surface area contributed by atoms with E-state index in [1.54, 1.807) is 0 Å². The van der Waals surface area contributed by atoms with Crippen LogP contribution in [0.4, 0.5) is 0 Å². The van der Waals surface area contributed by atoms with Crippen molar-refractivity contribution in [1.82, 2.24) is 5.32 Å². The average Bonchev–Trinajstić information content (AvgIpc) is 2.84. The van der Waals surface area contributed by atoms with Crippen LogP contribution >= 0.6 is 0 Å². The van der Waals surface area contributed by atoms with Crippen molar-refractivity contribution in [2.45, 2.75) is 78.8 Å². The fourth-order valence-electron chi connectivity index (χ4n) is 2.17. The lowest BCUT2D eigenvalue weighted by molar-refractivity contribution is 0.331. The summed E-state index contributed by atoms with van der Waals surface area (Å²) < 4.78 is 0. The summed E-state index contributed by atoms with van der Waals surface area (Å²) in [4.78, 5) is 0. The van der Waals surface area contributed by atoms with Gasteiger partial charge in [0, 0.05) is 12.1 Å². The predicted molar refractivity (Wildman–Crippen MR) is 68.1 cm³/mol. The Hall–Kier alpha value is -0.0400. The zero-order valence-electron chi connectivity index (χ0n) is 11.3. The molecule has 0 aliphatic heterocycles. The van der Waals surface area contributed by atoms with Gasteiger partial charge in [0.15, 0.2) is 0 Å². The zero-order valence-corrected chi connectivity index (χ0v) is 11.3. The summed E-state index contributed by atoms with van der Waals surface area (Å²) in [6.07, 6.45) is 6.91. The molecule has 0 aromatic heterocycles. The first-order valence-electron chi connectivity index (χ1n) is 6.70. The van der Waals surface area contributed by atoms with Crippen molar-refractivity contribution in [3.05, 3.63) is 0 Å². The molecule has 2 unspecified atom stereocenters. The summed E-state index contributed by atoms with van der Waals surface area (Å²) in [5, 5.41) is 3.76. The molecule has 0 saturated heterocycles. The molecule has 1 nitrogen and oxygen atoms in total. The van der Waals surface area contributed by atoms with E-state index in [1.165, 1.54) is 32.1 Å². The van der Waals surface area contributed by atoms with Crippen molar-refractivity contribution in [3.63, 3.8) is 0 Å². The number of nitrogens with one attached hydrogen (secondary N) is 1. The largest absolute Gasteiger partial charge is 0.311 e. The third-order valence-electron chi connectivity index (χ3n) is 4.04. The van der Waals surface area contributed by atoms with Crippen molar-refractivity contribution in [2.75, 3.05) is 0 Å².